The molecule has 0 fully saturated rings. The second kappa shape index (κ2) is 3.03. The van der Waals surface area contributed by atoms with Gasteiger partial charge < -0.3 is 4.74 Å². The lowest BCUT2D eigenvalue weighted by Gasteiger charge is -2.07. The van der Waals surface area contributed by atoms with Crippen LogP contribution >= 0.6 is 15.9 Å². The molecule has 68 valence electrons. The number of halogens is 1. The standard InChI is InChI=1S/C9H9BrN2O/c1-6-3-4-8-11-5-7(10)12(8)9(6)13-2/h3-5H,1-2H3. The van der Waals surface area contributed by atoms with E-state index in [4.69, 9.17) is 4.74 Å². The number of rotatable bonds is 1. The topological polar surface area (TPSA) is 26.5 Å². The molecule has 2 rings (SSSR count). The summed E-state index contributed by atoms with van der Waals surface area (Å²) in [7, 11) is 1.66. The van der Waals surface area contributed by atoms with Crippen LogP contribution in [0.4, 0.5) is 0 Å². The molecule has 0 spiro atoms. The van der Waals surface area contributed by atoms with Crippen molar-refractivity contribution < 1.29 is 4.74 Å². The van der Waals surface area contributed by atoms with Crippen LogP contribution in [-0.4, -0.2) is 16.5 Å². The molecule has 2 heterocycles. The summed E-state index contributed by atoms with van der Waals surface area (Å²) < 4.78 is 8.12. The average Bonchev–Trinajstić information content (AvgIpc) is 2.49. The third-order valence-electron chi connectivity index (χ3n) is 1.96. The summed E-state index contributed by atoms with van der Waals surface area (Å²) in [5.74, 6) is 0.821. The lowest BCUT2D eigenvalue weighted by Crippen LogP contribution is -1.96. The number of fused-ring (bicyclic) bond motifs is 1. The maximum Gasteiger partial charge on any atom is 0.202 e. The van der Waals surface area contributed by atoms with Crippen LogP contribution in [-0.2, 0) is 0 Å². The molecule has 13 heavy (non-hydrogen) atoms. The number of aryl methyl sites for hydroxylation is 1. The number of aromatic nitrogens is 2. The first-order valence-electron chi connectivity index (χ1n) is 3.90. The van der Waals surface area contributed by atoms with Gasteiger partial charge in [0.15, 0.2) is 0 Å². The van der Waals surface area contributed by atoms with E-state index >= 15 is 0 Å². The Morgan fingerprint density at radius 1 is 1.46 bits per heavy atom. The molecular weight excluding hydrogens is 232 g/mol. The molecule has 0 N–H and O–H groups in total. The van der Waals surface area contributed by atoms with E-state index < -0.39 is 0 Å². The van der Waals surface area contributed by atoms with Crippen molar-refractivity contribution in [3.8, 4) is 5.88 Å². The van der Waals surface area contributed by atoms with E-state index in [9.17, 15) is 0 Å². The van der Waals surface area contributed by atoms with Crippen LogP contribution in [0.2, 0.25) is 0 Å². The molecule has 4 heteroatoms. The first kappa shape index (κ1) is 8.56. The Balaban J connectivity index is 2.88. The number of ether oxygens (including phenoxy) is 1. The van der Waals surface area contributed by atoms with Gasteiger partial charge in [0.05, 0.1) is 13.3 Å². The van der Waals surface area contributed by atoms with Gasteiger partial charge in [-0.15, -0.1) is 0 Å². The van der Waals surface area contributed by atoms with Gasteiger partial charge in [0.25, 0.3) is 0 Å². The first-order valence-corrected chi connectivity index (χ1v) is 4.70. The molecule has 0 unspecified atom stereocenters. The summed E-state index contributed by atoms with van der Waals surface area (Å²) in [5.41, 5.74) is 1.98. The maximum absolute atomic E-state index is 5.29. The SMILES string of the molecule is COc1c(C)ccc2ncc(Br)n12. The number of methoxy groups -OCH3 is 1. The van der Waals surface area contributed by atoms with E-state index in [0.29, 0.717) is 0 Å². The third kappa shape index (κ3) is 1.21. The summed E-state index contributed by atoms with van der Waals surface area (Å²) in [6.45, 7) is 2.00. The molecule has 0 aliphatic carbocycles. The van der Waals surface area contributed by atoms with Crippen molar-refractivity contribution in [2.24, 2.45) is 0 Å². The van der Waals surface area contributed by atoms with Crippen molar-refractivity contribution >= 4 is 21.6 Å². The molecule has 2 aromatic heterocycles. The zero-order valence-electron chi connectivity index (χ0n) is 7.41. The highest BCUT2D eigenvalue weighted by molar-refractivity contribution is 9.10. The van der Waals surface area contributed by atoms with Gasteiger partial charge in [-0.05, 0) is 28.9 Å². The third-order valence-corrected chi connectivity index (χ3v) is 2.52. The smallest absolute Gasteiger partial charge is 0.202 e. The Kier molecular flexibility index (Phi) is 2.00. The monoisotopic (exact) mass is 240 g/mol. The summed E-state index contributed by atoms with van der Waals surface area (Å²) in [6, 6.07) is 3.95. The van der Waals surface area contributed by atoms with E-state index in [0.717, 1.165) is 21.7 Å². The molecule has 0 atom stereocenters. The zero-order valence-corrected chi connectivity index (χ0v) is 9.00. The molecule has 3 nitrogen and oxygen atoms in total. The first-order chi connectivity index (χ1) is 6.24. The van der Waals surface area contributed by atoms with E-state index in [1.165, 1.54) is 0 Å². The minimum atomic E-state index is 0.821. The quantitative estimate of drug-likeness (QED) is 0.766. The molecular formula is C9H9BrN2O. The summed E-state index contributed by atoms with van der Waals surface area (Å²) in [6.07, 6.45) is 1.76. The Morgan fingerprint density at radius 3 is 2.92 bits per heavy atom. The molecule has 0 amide bonds. The number of hydrogen-bond donors (Lipinski definition) is 0. The van der Waals surface area contributed by atoms with Gasteiger partial charge in [-0.25, -0.2) is 4.98 Å². The molecule has 0 aliphatic rings. The van der Waals surface area contributed by atoms with Gasteiger partial charge >= 0.3 is 0 Å². The highest BCUT2D eigenvalue weighted by atomic mass is 79.9. The summed E-state index contributed by atoms with van der Waals surface area (Å²) in [4.78, 5) is 4.20. The fraction of sp³-hybridized carbons (Fsp3) is 0.222. The van der Waals surface area contributed by atoms with Crippen molar-refractivity contribution in [3.63, 3.8) is 0 Å². The number of pyridine rings is 1. The normalized spacial score (nSPS) is 10.7. The van der Waals surface area contributed by atoms with Crippen LogP contribution in [0.1, 0.15) is 5.56 Å². The van der Waals surface area contributed by atoms with Crippen molar-refractivity contribution in [2.45, 2.75) is 6.92 Å². The van der Waals surface area contributed by atoms with E-state index in [1.54, 1.807) is 13.3 Å². The van der Waals surface area contributed by atoms with Crippen LogP contribution in [0, 0.1) is 6.92 Å². The van der Waals surface area contributed by atoms with Crippen LogP contribution in [0.25, 0.3) is 5.65 Å². The minimum absolute atomic E-state index is 0.821. The largest absolute Gasteiger partial charge is 0.482 e. The highest BCUT2D eigenvalue weighted by Crippen LogP contribution is 2.24. The number of hydrogen-bond acceptors (Lipinski definition) is 2. The van der Waals surface area contributed by atoms with Crippen LogP contribution in [0.3, 0.4) is 0 Å². The maximum atomic E-state index is 5.29. The van der Waals surface area contributed by atoms with E-state index in [-0.39, 0.29) is 0 Å². The fourth-order valence-electron chi connectivity index (χ4n) is 1.36. The lowest BCUT2D eigenvalue weighted by atomic mass is 10.3. The Bertz CT molecular complexity index is 450. The average molecular weight is 241 g/mol. The van der Waals surface area contributed by atoms with E-state index in [2.05, 4.69) is 20.9 Å². The second-order valence-corrected chi connectivity index (χ2v) is 3.61. The molecule has 0 radical (unpaired) electrons. The Hall–Kier alpha value is -1.03. The van der Waals surface area contributed by atoms with Crippen LogP contribution in [0.15, 0.2) is 22.9 Å². The molecule has 0 aromatic carbocycles. The van der Waals surface area contributed by atoms with Gasteiger partial charge in [0.1, 0.15) is 10.3 Å². The van der Waals surface area contributed by atoms with Crippen molar-refractivity contribution in [1.82, 2.24) is 9.38 Å². The van der Waals surface area contributed by atoms with Gasteiger partial charge in [-0.1, -0.05) is 6.07 Å². The van der Waals surface area contributed by atoms with Gasteiger partial charge in [0, 0.05) is 5.56 Å². The Labute approximate surface area is 84.5 Å². The van der Waals surface area contributed by atoms with Crippen molar-refractivity contribution in [3.05, 3.63) is 28.5 Å². The van der Waals surface area contributed by atoms with Crippen molar-refractivity contribution in [1.29, 1.82) is 0 Å². The molecule has 2 aromatic rings. The predicted molar refractivity (Wildman–Crippen MR) is 54.2 cm³/mol. The van der Waals surface area contributed by atoms with Gasteiger partial charge in [-0.3, -0.25) is 4.40 Å². The zero-order chi connectivity index (χ0) is 9.42. The Morgan fingerprint density at radius 2 is 2.23 bits per heavy atom. The van der Waals surface area contributed by atoms with Crippen molar-refractivity contribution in [2.75, 3.05) is 7.11 Å². The minimum Gasteiger partial charge on any atom is -0.482 e. The fourth-order valence-corrected chi connectivity index (χ4v) is 1.81. The molecule has 0 bridgehead atoms. The van der Waals surface area contributed by atoms with Gasteiger partial charge in [0.2, 0.25) is 5.88 Å². The lowest BCUT2D eigenvalue weighted by molar-refractivity contribution is 0.388. The van der Waals surface area contributed by atoms with E-state index in [1.807, 2.05) is 23.5 Å². The van der Waals surface area contributed by atoms with Crippen LogP contribution in [0.5, 0.6) is 5.88 Å². The number of nitrogens with zero attached hydrogens (tertiary/aromatic N) is 2. The molecule has 0 saturated carbocycles. The summed E-state index contributed by atoms with van der Waals surface area (Å²) >= 11 is 3.41. The highest BCUT2D eigenvalue weighted by Gasteiger charge is 2.07. The second-order valence-electron chi connectivity index (χ2n) is 2.80. The molecule has 0 saturated heterocycles. The van der Waals surface area contributed by atoms with Crippen LogP contribution < -0.4 is 4.74 Å². The number of imidazole rings is 1. The summed E-state index contributed by atoms with van der Waals surface area (Å²) in [5, 5.41) is 0. The van der Waals surface area contributed by atoms with Gasteiger partial charge in [-0.2, -0.15) is 0 Å². The molecule has 0 aliphatic heterocycles. The predicted octanol–water partition coefficient (Wildman–Crippen LogP) is 2.41.